The van der Waals surface area contributed by atoms with Crippen LogP contribution in [0.4, 0.5) is 11.4 Å². The van der Waals surface area contributed by atoms with Gasteiger partial charge in [0, 0.05) is 30.4 Å². The maximum absolute atomic E-state index is 12.4. The number of likely N-dealkylation sites (N-methyl/N-ethyl adjacent to an activating group) is 1. The number of aryl methyl sites for hydroxylation is 1. The molecule has 0 unspecified atom stereocenters. The molecular formula is C17H21N3O3. The molecule has 1 saturated carbocycles. The molecule has 0 spiro atoms. The fraction of sp³-hybridized carbons (Fsp3) is 0.471. The van der Waals surface area contributed by atoms with Crippen LogP contribution in [-0.4, -0.2) is 30.8 Å². The maximum atomic E-state index is 12.4. The number of carbonyl (C=O) groups excluding carboxylic acids is 3. The van der Waals surface area contributed by atoms with E-state index in [4.69, 9.17) is 0 Å². The summed E-state index contributed by atoms with van der Waals surface area (Å²) in [6, 6.07) is 5.50. The summed E-state index contributed by atoms with van der Waals surface area (Å²) in [7, 11) is 0. The highest BCUT2D eigenvalue weighted by molar-refractivity contribution is 6.39. The Morgan fingerprint density at radius 1 is 1.22 bits per heavy atom. The molecule has 2 N–H and O–H groups in total. The van der Waals surface area contributed by atoms with Gasteiger partial charge in [-0.05, 0) is 50.3 Å². The summed E-state index contributed by atoms with van der Waals surface area (Å²) in [6.07, 6.45) is 3.82. The first-order valence-electron chi connectivity index (χ1n) is 8.13. The van der Waals surface area contributed by atoms with Gasteiger partial charge in [-0.2, -0.15) is 0 Å². The lowest BCUT2D eigenvalue weighted by Crippen LogP contribution is -2.37. The number of nitrogens with zero attached hydrogens (tertiary/aromatic N) is 1. The third-order valence-electron chi connectivity index (χ3n) is 4.20. The zero-order valence-corrected chi connectivity index (χ0v) is 13.2. The minimum Gasteiger partial charge on any atom is -0.348 e. The SMILES string of the molecule is CCNC(=O)C(=O)Nc1ccc2c(c1)N(C(=O)C1CC1)CCC2. The Kier molecular flexibility index (Phi) is 4.32. The molecule has 2 aliphatic rings. The van der Waals surface area contributed by atoms with Crippen LogP contribution in [0.25, 0.3) is 0 Å². The Morgan fingerprint density at radius 3 is 2.70 bits per heavy atom. The maximum Gasteiger partial charge on any atom is 0.313 e. The van der Waals surface area contributed by atoms with Crippen molar-refractivity contribution in [3.63, 3.8) is 0 Å². The second-order valence-electron chi connectivity index (χ2n) is 6.02. The summed E-state index contributed by atoms with van der Waals surface area (Å²) >= 11 is 0. The molecule has 1 aliphatic carbocycles. The van der Waals surface area contributed by atoms with Gasteiger partial charge in [-0.25, -0.2) is 0 Å². The van der Waals surface area contributed by atoms with E-state index in [1.165, 1.54) is 0 Å². The lowest BCUT2D eigenvalue weighted by atomic mass is 10.0. The first-order valence-corrected chi connectivity index (χ1v) is 8.13. The van der Waals surface area contributed by atoms with Crippen LogP contribution in [0.2, 0.25) is 0 Å². The van der Waals surface area contributed by atoms with Crippen molar-refractivity contribution in [3.05, 3.63) is 23.8 Å². The van der Waals surface area contributed by atoms with Crippen molar-refractivity contribution in [1.82, 2.24) is 5.32 Å². The Morgan fingerprint density at radius 2 is 2.00 bits per heavy atom. The molecule has 0 atom stereocenters. The minimum atomic E-state index is -0.692. The van der Waals surface area contributed by atoms with E-state index < -0.39 is 11.8 Å². The summed E-state index contributed by atoms with van der Waals surface area (Å²) in [5.74, 6) is -1.01. The second kappa shape index (κ2) is 6.40. The number of carbonyl (C=O) groups is 3. The molecule has 6 nitrogen and oxygen atoms in total. The molecular weight excluding hydrogens is 294 g/mol. The highest BCUT2D eigenvalue weighted by Gasteiger charge is 2.35. The van der Waals surface area contributed by atoms with Gasteiger partial charge in [-0.1, -0.05) is 6.07 Å². The smallest absolute Gasteiger partial charge is 0.313 e. The van der Waals surface area contributed by atoms with Crippen molar-refractivity contribution in [3.8, 4) is 0 Å². The molecule has 23 heavy (non-hydrogen) atoms. The minimum absolute atomic E-state index is 0.162. The second-order valence-corrected chi connectivity index (χ2v) is 6.02. The average molecular weight is 315 g/mol. The number of hydrogen-bond acceptors (Lipinski definition) is 3. The van der Waals surface area contributed by atoms with Gasteiger partial charge in [0.25, 0.3) is 0 Å². The van der Waals surface area contributed by atoms with Crippen molar-refractivity contribution < 1.29 is 14.4 Å². The van der Waals surface area contributed by atoms with Crippen molar-refractivity contribution in [2.45, 2.75) is 32.6 Å². The fourth-order valence-corrected chi connectivity index (χ4v) is 2.86. The molecule has 0 aromatic heterocycles. The van der Waals surface area contributed by atoms with Gasteiger partial charge in [0.1, 0.15) is 0 Å². The molecule has 1 aromatic rings. The molecule has 3 amide bonds. The van der Waals surface area contributed by atoms with E-state index >= 15 is 0 Å². The lowest BCUT2D eigenvalue weighted by molar-refractivity contribution is -0.136. The van der Waals surface area contributed by atoms with E-state index in [-0.39, 0.29) is 11.8 Å². The van der Waals surface area contributed by atoms with Crippen LogP contribution in [0.3, 0.4) is 0 Å². The van der Waals surface area contributed by atoms with E-state index in [1.54, 1.807) is 19.1 Å². The summed E-state index contributed by atoms with van der Waals surface area (Å²) in [4.78, 5) is 37.6. The predicted molar refractivity (Wildman–Crippen MR) is 87.2 cm³/mol. The molecule has 0 bridgehead atoms. The Balaban J connectivity index is 1.79. The van der Waals surface area contributed by atoms with Crippen LogP contribution < -0.4 is 15.5 Å². The zero-order valence-electron chi connectivity index (χ0n) is 13.2. The highest BCUT2D eigenvalue weighted by atomic mass is 16.2. The number of benzene rings is 1. The van der Waals surface area contributed by atoms with Crippen molar-refractivity contribution in [2.24, 2.45) is 5.92 Å². The fourth-order valence-electron chi connectivity index (χ4n) is 2.86. The molecule has 122 valence electrons. The number of rotatable bonds is 3. The molecule has 1 aromatic carbocycles. The number of hydrogen-bond donors (Lipinski definition) is 2. The van der Waals surface area contributed by atoms with Crippen LogP contribution in [-0.2, 0) is 20.8 Å². The van der Waals surface area contributed by atoms with E-state index in [9.17, 15) is 14.4 Å². The number of nitrogens with one attached hydrogen (secondary N) is 2. The topological polar surface area (TPSA) is 78.5 Å². The first kappa shape index (κ1) is 15.5. The molecule has 6 heteroatoms. The van der Waals surface area contributed by atoms with Crippen LogP contribution in [0.1, 0.15) is 31.7 Å². The first-order chi connectivity index (χ1) is 11.1. The van der Waals surface area contributed by atoms with Gasteiger partial charge in [0.05, 0.1) is 0 Å². The Labute approximate surface area is 135 Å². The standard InChI is InChI=1S/C17H21N3O3/c1-2-18-15(21)16(22)19-13-8-7-11-4-3-9-20(14(11)10-13)17(23)12-5-6-12/h7-8,10,12H,2-6,9H2,1H3,(H,18,21)(H,19,22). The lowest BCUT2D eigenvalue weighted by Gasteiger charge is -2.30. The quantitative estimate of drug-likeness (QED) is 0.829. The van der Waals surface area contributed by atoms with Crippen LogP contribution in [0.5, 0.6) is 0 Å². The number of amides is 3. The summed E-state index contributed by atoms with van der Waals surface area (Å²) in [6.45, 7) is 2.88. The average Bonchev–Trinajstić information content (AvgIpc) is 3.38. The van der Waals surface area contributed by atoms with Crippen LogP contribution in [0, 0.1) is 5.92 Å². The van der Waals surface area contributed by atoms with Gasteiger partial charge < -0.3 is 15.5 Å². The van der Waals surface area contributed by atoms with Gasteiger partial charge in [0.15, 0.2) is 0 Å². The van der Waals surface area contributed by atoms with E-state index in [2.05, 4.69) is 10.6 Å². The van der Waals surface area contributed by atoms with Crippen molar-refractivity contribution in [2.75, 3.05) is 23.3 Å². The van der Waals surface area contributed by atoms with Crippen LogP contribution >= 0.6 is 0 Å². The van der Waals surface area contributed by atoms with Gasteiger partial charge in [-0.3, -0.25) is 14.4 Å². The van der Waals surface area contributed by atoms with Crippen LogP contribution in [0.15, 0.2) is 18.2 Å². The van der Waals surface area contributed by atoms with E-state index in [1.807, 2.05) is 11.0 Å². The summed E-state index contributed by atoms with van der Waals surface area (Å²) < 4.78 is 0. The Bertz CT molecular complexity index is 652. The molecule has 0 radical (unpaired) electrons. The largest absolute Gasteiger partial charge is 0.348 e. The molecule has 0 saturated heterocycles. The number of anilines is 2. The third-order valence-corrected chi connectivity index (χ3v) is 4.20. The molecule has 3 rings (SSSR count). The molecule has 1 aliphatic heterocycles. The van der Waals surface area contributed by atoms with E-state index in [0.29, 0.717) is 12.2 Å². The van der Waals surface area contributed by atoms with Gasteiger partial charge in [-0.15, -0.1) is 0 Å². The van der Waals surface area contributed by atoms with Crippen molar-refractivity contribution in [1.29, 1.82) is 0 Å². The third kappa shape index (κ3) is 3.36. The Hall–Kier alpha value is -2.37. The summed E-state index contributed by atoms with van der Waals surface area (Å²) in [5, 5.41) is 5.05. The zero-order chi connectivity index (χ0) is 16.4. The summed E-state index contributed by atoms with van der Waals surface area (Å²) in [5.41, 5.74) is 2.51. The number of fused-ring (bicyclic) bond motifs is 1. The monoisotopic (exact) mass is 315 g/mol. The van der Waals surface area contributed by atoms with Crippen molar-refractivity contribution >= 4 is 29.1 Å². The normalized spacial score (nSPS) is 16.5. The van der Waals surface area contributed by atoms with Gasteiger partial charge >= 0.3 is 11.8 Å². The van der Waals surface area contributed by atoms with E-state index in [0.717, 1.165) is 43.5 Å². The highest BCUT2D eigenvalue weighted by Crippen LogP contribution is 2.36. The molecule has 1 fully saturated rings. The predicted octanol–water partition coefficient (Wildman–Crippen LogP) is 1.45. The van der Waals surface area contributed by atoms with Gasteiger partial charge in [0.2, 0.25) is 5.91 Å². The molecule has 1 heterocycles.